The van der Waals surface area contributed by atoms with Crippen LogP contribution < -0.4 is 25.1 Å². The maximum absolute atomic E-state index is 13.2. The van der Waals surface area contributed by atoms with Gasteiger partial charge in [-0.25, -0.2) is 10.1 Å². The maximum Gasteiger partial charge on any atom is 0.271 e. The topological polar surface area (TPSA) is 171 Å². The van der Waals surface area contributed by atoms with Crippen LogP contribution in [0.2, 0.25) is 0 Å². The van der Waals surface area contributed by atoms with Crippen molar-refractivity contribution < 1.29 is 38.6 Å². The minimum Gasteiger partial charge on any atom is -0.502 e. The lowest BCUT2D eigenvalue weighted by Gasteiger charge is -2.64. The number of phenolic OH excluding ortho intramolecular Hbond substituents is 1. The van der Waals surface area contributed by atoms with Crippen molar-refractivity contribution >= 4 is 29.4 Å². The summed E-state index contributed by atoms with van der Waals surface area (Å²) in [6.45, 7) is 10.2. The number of Topliss-reactive ketones (excluding diaryl/α,β-unsaturated/α-hetero) is 1. The molecule has 7 rings (SSSR count). The highest BCUT2D eigenvalue weighted by Crippen LogP contribution is 2.71. The Bertz CT molecular complexity index is 2190. The number of nitrogens with zero attached hydrogens (tertiary/aromatic N) is 4. The zero-order valence-electron chi connectivity index (χ0n) is 37.2. The Morgan fingerprint density at radius 3 is 2.45 bits per heavy atom. The standard InChI is InChI=1S/C48H63N7O7/c1-7-48-21-16-35-28-36(17-19-46(35,2)41(48)18-20-47(3)40(48)13-14-42(47)56)50-52-45(59)34-11-8-32(9-12-34)29-54(4)30-37-31-55(53-51-37)23-25-62-24-22-49-43(57)15-10-33-26-38(60-5)44(58)39(27-33)61-6/h8-12,15,26-28,31,40-41,58H,7,13-14,16-25,29-30H2,1-6H3,(H,49,57)(H,52,59)/p+1/b15-10+,50-36?/t40?,41?,46-,47?,48?/m0/s1. The minimum atomic E-state index is -0.279. The quantitative estimate of drug-likeness (QED) is 0.0783. The van der Waals surface area contributed by atoms with E-state index in [1.807, 2.05) is 30.5 Å². The van der Waals surface area contributed by atoms with E-state index < -0.39 is 0 Å². The largest absolute Gasteiger partial charge is 0.502 e. The molecule has 2 aromatic carbocycles. The molecule has 4 aliphatic rings. The van der Waals surface area contributed by atoms with Crippen molar-refractivity contribution in [1.29, 1.82) is 0 Å². The zero-order valence-corrected chi connectivity index (χ0v) is 37.2. The van der Waals surface area contributed by atoms with Gasteiger partial charge in [0.15, 0.2) is 11.5 Å². The molecule has 14 nitrogen and oxygen atoms in total. The lowest BCUT2D eigenvalue weighted by atomic mass is 9.40. The van der Waals surface area contributed by atoms with E-state index in [0.29, 0.717) is 61.6 Å². The third-order valence-corrected chi connectivity index (χ3v) is 14.7. The Balaban J connectivity index is 0.814. The molecule has 0 aliphatic heterocycles. The van der Waals surface area contributed by atoms with Crippen LogP contribution in [0.4, 0.5) is 0 Å². The maximum atomic E-state index is 13.2. The number of quaternary nitrogens is 1. The van der Waals surface area contributed by atoms with E-state index in [0.717, 1.165) is 81.3 Å². The normalized spacial score (nSPS) is 26.6. The zero-order chi connectivity index (χ0) is 44.1. The molecule has 62 heavy (non-hydrogen) atoms. The number of benzene rings is 2. The van der Waals surface area contributed by atoms with Gasteiger partial charge in [0.1, 0.15) is 24.6 Å². The van der Waals surface area contributed by atoms with Crippen molar-refractivity contribution in [2.24, 2.45) is 33.2 Å². The first kappa shape index (κ1) is 44.7. The number of amides is 2. The fraction of sp³-hybridized carbons (Fsp3) is 0.542. The molecule has 3 fully saturated rings. The first-order chi connectivity index (χ1) is 29.8. The monoisotopic (exact) mass is 850 g/mol. The first-order valence-electron chi connectivity index (χ1n) is 22.2. The van der Waals surface area contributed by atoms with Crippen LogP contribution in [0.25, 0.3) is 6.08 Å². The van der Waals surface area contributed by atoms with Gasteiger partial charge in [-0.05, 0) is 116 Å². The van der Waals surface area contributed by atoms with Crippen molar-refractivity contribution in [1.82, 2.24) is 25.7 Å². The number of allylic oxidation sites excluding steroid dienone is 2. The smallest absolute Gasteiger partial charge is 0.271 e. The molecule has 332 valence electrons. The molecular weight excluding hydrogens is 787 g/mol. The summed E-state index contributed by atoms with van der Waals surface area (Å²) in [5, 5.41) is 26.0. The predicted octanol–water partition coefficient (Wildman–Crippen LogP) is 5.46. The highest BCUT2D eigenvalue weighted by Gasteiger charge is 2.65. The number of aromatic hydroxyl groups is 1. The van der Waals surface area contributed by atoms with Crippen LogP contribution in [0.15, 0.2) is 65.4 Å². The molecule has 0 saturated heterocycles. The summed E-state index contributed by atoms with van der Waals surface area (Å²) in [7, 11) is 4.99. The van der Waals surface area contributed by atoms with E-state index in [9.17, 15) is 19.5 Å². The second-order valence-corrected chi connectivity index (χ2v) is 18.2. The summed E-state index contributed by atoms with van der Waals surface area (Å²) in [5.74, 6) is 1.50. The second kappa shape index (κ2) is 19.0. The number of hydrogen-bond donors (Lipinski definition) is 4. The summed E-state index contributed by atoms with van der Waals surface area (Å²) in [6.07, 6.45) is 16.4. The van der Waals surface area contributed by atoms with Crippen LogP contribution in [0.3, 0.4) is 0 Å². The van der Waals surface area contributed by atoms with Crippen LogP contribution >= 0.6 is 0 Å². The van der Waals surface area contributed by atoms with Crippen molar-refractivity contribution in [3.05, 3.63) is 82.7 Å². The summed E-state index contributed by atoms with van der Waals surface area (Å²) < 4.78 is 17.8. The molecule has 3 saturated carbocycles. The number of fused-ring (bicyclic) bond motifs is 5. The second-order valence-electron chi connectivity index (χ2n) is 18.2. The van der Waals surface area contributed by atoms with Crippen LogP contribution in [-0.4, -0.2) is 84.4 Å². The van der Waals surface area contributed by atoms with Crippen LogP contribution in [0.5, 0.6) is 17.2 Å². The number of methoxy groups -OCH3 is 2. The number of carbonyl (C=O) groups is 3. The highest BCUT2D eigenvalue weighted by molar-refractivity contribution is 5.99. The van der Waals surface area contributed by atoms with E-state index in [-0.39, 0.29) is 45.3 Å². The first-order valence-corrected chi connectivity index (χ1v) is 22.2. The lowest BCUT2D eigenvalue weighted by molar-refractivity contribution is -0.908. The highest BCUT2D eigenvalue weighted by atomic mass is 16.5. The molecule has 2 amide bonds. The molecule has 0 spiro atoms. The van der Waals surface area contributed by atoms with Gasteiger partial charge >= 0.3 is 0 Å². The number of aromatic nitrogens is 3. The van der Waals surface area contributed by atoms with Gasteiger partial charge < -0.3 is 29.5 Å². The van der Waals surface area contributed by atoms with E-state index >= 15 is 0 Å². The third-order valence-electron chi connectivity index (χ3n) is 14.7. The molecular formula is C48H64N7O7+. The number of carbonyl (C=O) groups excluding carboxylic acids is 3. The van der Waals surface area contributed by atoms with Gasteiger partial charge in [-0.15, -0.1) is 5.10 Å². The van der Waals surface area contributed by atoms with E-state index in [1.165, 1.54) is 30.8 Å². The number of hydrogen-bond acceptors (Lipinski definition) is 10. The predicted molar refractivity (Wildman–Crippen MR) is 236 cm³/mol. The van der Waals surface area contributed by atoms with E-state index in [4.69, 9.17) is 14.2 Å². The number of ketones is 1. The van der Waals surface area contributed by atoms with Gasteiger partial charge in [0.05, 0.1) is 52.9 Å². The van der Waals surface area contributed by atoms with Gasteiger partial charge in [-0.3, -0.25) is 14.4 Å². The van der Waals surface area contributed by atoms with Crippen LogP contribution in [-0.2, 0) is 34.0 Å². The van der Waals surface area contributed by atoms with Crippen molar-refractivity contribution in [2.75, 3.05) is 41.0 Å². The number of ether oxygens (including phenoxy) is 3. The number of nitrogens with one attached hydrogen (secondary N) is 3. The number of phenols is 1. The third kappa shape index (κ3) is 9.22. The summed E-state index contributed by atoms with van der Waals surface area (Å²) >= 11 is 0. The van der Waals surface area contributed by atoms with Crippen LogP contribution in [0, 0.1) is 28.1 Å². The molecule has 1 aromatic heterocycles. The fourth-order valence-electron chi connectivity index (χ4n) is 11.4. The average Bonchev–Trinajstić information content (AvgIpc) is 3.85. The molecule has 3 aromatic rings. The minimum absolute atomic E-state index is 0.0990. The Hall–Kier alpha value is -5.34. The van der Waals surface area contributed by atoms with Crippen molar-refractivity contribution in [2.45, 2.75) is 98.2 Å². The molecule has 4 aliphatic carbocycles. The molecule has 1 heterocycles. The van der Waals surface area contributed by atoms with Gasteiger partial charge in [0.25, 0.3) is 5.91 Å². The van der Waals surface area contributed by atoms with Gasteiger partial charge in [-0.2, -0.15) is 5.10 Å². The summed E-state index contributed by atoms with van der Waals surface area (Å²) in [5.41, 5.74) is 8.67. The molecule has 6 atom stereocenters. The van der Waals surface area contributed by atoms with Crippen LogP contribution in [0.1, 0.15) is 106 Å². The Kier molecular flexibility index (Phi) is 13.7. The van der Waals surface area contributed by atoms with Crippen molar-refractivity contribution in [3.63, 3.8) is 0 Å². The summed E-state index contributed by atoms with van der Waals surface area (Å²) in [4.78, 5) is 39.7. The summed E-state index contributed by atoms with van der Waals surface area (Å²) in [6, 6.07) is 10.9. The molecule has 5 unspecified atom stereocenters. The van der Waals surface area contributed by atoms with Gasteiger partial charge in [-0.1, -0.05) is 43.7 Å². The fourth-order valence-corrected chi connectivity index (χ4v) is 11.4. The van der Waals surface area contributed by atoms with Gasteiger partial charge in [0, 0.05) is 35.6 Å². The van der Waals surface area contributed by atoms with E-state index in [2.05, 4.69) is 60.1 Å². The van der Waals surface area contributed by atoms with E-state index in [1.54, 1.807) is 22.9 Å². The van der Waals surface area contributed by atoms with Crippen molar-refractivity contribution in [3.8, 4) is 17.2 Å². The lowest BCUT2D eigenvalue weighted by Crippen LogP contribution is -3.06. The Morgan fingerprint density at radius 2 is 1.73 bits per heavy atom. The SMILES string of the molecule is CCC12CCC3=CC(=NNC(=O)c4ccc(C[NH+](C)Cc5cn(CCOCCNC(=O)/C=C/c6cc(OC)c(O)c(OC)c6)nn5)cc4)CC[C@]3(C)C1CCC1(C)C(=O)CCC12. The molecule has 0 radical (unpaired) electrons. The molecule has 14 heteroatoms. The molecule has 4 N–H and O–H groups in total. The number of hydrazone groups is 1. The van der Waals surface area contributed by atoms with Gasteiger partial charge in [0.2, 0.25) is 11.7 Å². The average molecular weight is 851 g/mol. The Labute approximate surface area is 365 Å². The molecule has 0 bridgehead atoms. The number of rotatable bonds is 17. The Morgan fingerprint density at radius 1 is 0.984 bits per heavy atom.